The fraction of sp³-hybridized carbons (Fsp3) is 1.00. The first-order chi connectivity index (χ1) is 5.02. The molecule has 0 bridgehead atoms. The molecule has 0 heterocycles. The quantitative estimate of drug-likeness (QED) is 0.472. The molecule has 0 spiro atoms. The molecule has 3 nitrogen and oxygen atoms in total. The molecule has 0 aromatic heterocycles. The first-order valence-corrected chi connectivity index (χ1v) is 4.23. The molecule has 0 saturated heterocycles. The van der Waals surface area contributed by atoms with Gasteiger partial charge in [0.05, 0.1) is 11.8 Å². The van der Waals surface area contributed by atoms with Crippen molar-refractivity contribution in [1.82, 2.24) is 5.48 Å². The third kappa shape index (κ3) is 5.18. The van der Waals surface area contributed by atoms with Crippen molar-refractivity contribution < 1.29 is 4.84 Å². The maximum atomic E-state index is 5.78. The maximum Gasteiger partial charge on any atom is 0.0866 e. The van der Waals surface area contributed by atoms with Crippen LogP contribution >= 0.6 is 0 Å². The molecule has 0 aromatic carbocycles. The zero-order valence-corrected chi connectivity index (χ0v) is 7.98. The summed E-state index contributed by atoms with van der Waals surface area (Å²) in [4.78, 5) is 5.27. The van der Waals surface area contributed by atoms with E-state index < -0.39 is 5.66 Å². The van der Waals surface area contributed by atoms with E-state index in [4.69, 9.17) is 10.6 Å². The van der Waals surface area contributed by atoms with Crippen molar-refractivity contribution in [1.29, 1.82) is 0 Å². The zero-order chi connectivity index (χ0) is 8.91. The first-order valence-electron chi connectivity index (χ1n) is 4.23. The predicted octanol–water partition coefficient (Wildman–Crippen LogP) is 1.39. The molecule has 11 heavy (non-hydrogen) atoms. The second kappa shape index (κ2) is 4.70. The van der Waals surface area contributed by atoms with Gasteiger partial charge in [-0.3, -0.25) is 4.84 Å². The van der Waals surface area contributed by atoms with Gasteiger partial charge in [-0.1, -0.05) is 13.8 Å². The Labute approximate surface area is 69.3 Å². The average molecular weight is 160 g/mol. The summed E-state index contributed by atoms with van der Waals surface area (Å²) < 4.78 is 0. The van der Waals surface area contributed by atoms with Crippen LogP contribution < -0.4 is 11.2 Å². The molecule has 3 N–H and O–H groups in total. The van der Waals surface area contributed by atoms with E-state index in [1.54, 1.807) is 0 Å². The Morgan fingerprint density at radius 2 is 2.09 bits per heavy atom. The van der Waals surface area contributed by atoms with Crippen molar-refractivity contribution in [2.45, 2.75) is 52.3 Å². The van der Waals surface area contributed by atoms with Crippen molar-refractivity contribution in [2.75, 3.05) is 0 Å². The van der Waals surface area contributed by atoms with Crippen LogP contribution in [-0.4, -0.2) is 11.8 Å². The van der Waals surface area contributed by atoms with E-state index in [1.165, 1.54) is 0 Å². The van der Waals surface area contributed by atoms with Crippen LogP contribution in [0.3, 0.4) is 0 Å². The van der Waals surface area contributed by atoms with Gasteiger partial charge in [0.2, 0.25) is 0 Å². The lowest BCUT2D eigenvalue weighted by molar-refractivity contribution is -0.0625. The summed E-state index contributed by atoms with van der Waals surface area (Å²) >= 11 is 0. The standard InChI is InChI=1S/C8H20N2O/c1-5-7(3)11-10-8(4,9)6-2/h7,10H,5-6,9H2,1-4H3. The molecule has 0 aliphatic heterocycles. The van der Waals surface area contributed by atoms with E-state index in [1.807, 2.05) is 20.8 Å². The fourth-order valence-corrected chi connectivity index (χ4v) is 0.391. The third-order valence-corrected chi connectivity index (χ3v) is 1.80. The number of hydrogen-bond acceptors (Lipinski definition) is 3. The highest BCUT2D eigenvalue weighted by Crippen LogP contribution is 2.01. The lowest BCUT2D eigenvalue weighted by atomic mass is 10.2. The zero-order valence-electron chi connectivity index (χ0n) is 7.98. The number of hydroxylamine groups is 1. The van der Waals surface area contributed by atoms with Crippen molar-refractivity contribution in [2.24, 2.45) is 5.73 Å². The van der Waals surface area contributed by atoms with Crippen molar-refractivity contribution in [3.05, 3.63) is 0 Å². The Hall–Kier alpha value is -0.120. The van der Waals surface area contributed by atoms with E-state index in [-0.39, 0.29) is 6.10 Å². The van der Waals surface area contributed by atoms with Crippen LogP contribution in [0.4, 0.5) is 0 Å². The highest BCUT2D eigenvalue weighted by molar-refractivity contribution is 4.68. The van der Waals surface area contributed by atoms with Gasteiger partial charge in [-0.15, -0.1) is 0 Å². The Kier molecular flexibility index (Phi) is 4.65. The summed E-state index contributed by atoms with van der Waals surface area (Å²) in [5, 5.41) is 0. The van der Waals surface area contributed by atoms with E-state index in [9.17, 15) is 0 Å². The first kappa shape index (κ1) is 10.9. The molecule has 0 amide bonds. The third-order valence-electron chi connectivity index (χ3n) is 1.80. The van der Waals surface area contributed by atoms with E-state index >= 15 is 0 Å². The minimum Gasteiger partial charge on any atom is -0.312 e. The topological polar surface area (TPSA) is 47.3 Å². The minimum absolute atomic E-state index is 0.226. The molecule has 0 aliphatic carbocycles. The average Bonchev–Trinajstić information content (AvgIpc) is 2.00. The molecular formula is C8H20N2O. The van der Waals surface area contributed by atoms with Gasteiger partial charge >= 0.3 is 0 Å². The van der Waals surface area contributed by atoms with Crippen LogP contribution in [0.5, 0.6) is 0 Å². The minimum atomic E-state index is -0.399. The van der Waals surface area contributed by atoms with Gasteiger partial charge in [-0.25, -0.2) is 0 Å². The van der Waals surface area contributed by atoms with Gasteiger partial charge in [0.15, 0.2) is 0 Å². The molecule has 0 aromatic rings. The SMILES string of the molecule is CCC(C)ONC(C)(N)CC. The maximum absolute atomic E-state index is 5.78. The molecule has 2 atom stereocenters. The van der Waals surface area contributed by atoms with E-state index in [0.717, 1.165) is 12.8 Å². The van der Waals surface area contributed by atoms with Crippen LogP contribution in [0.25, 0.3) is 0 Å². The van der Waals surface area contributed by atoms with Crippen LogP contribution in [0.1, 0.15) is 40.5 Å². The monoisotopic (exact) mass is 160 g/mol. The highest BCUT2D eigenvalue weighted by atomic mass is 16.7. The largest absolute Gasteiger partial charge is 0.312 e. The molecule has 2 unspecified atom stereocenters. The van der Waals surface area contributed by atoms with Gasteiger partial charge in [-0.05, 0) is 26.7 Å². The van der Waals surface area contributed by atoms with Crippen LogP contribution in [0.2, 0.25) is 0 Å². The molecular weight excluding hydrogens is 140 g/mol. The highest BCUT2D eigenvalue weighted by Gasteiger charge is 2.15. The number of hydrogen-bond donors (Lipinski definition) is 2. The second-order valence-electron chi connectivity index (χ2n) is 3.21. The van der Waals surface area contributed by atoms with Crippen molar-refractivity contribution in [3.8, 4) is 0 Å². The molecule has 3 heteroatoms. The van der Waals surface area contributed by atoms with Gasteiger partial charge in [0, 0.05) is 0 Å². The molecule has 0 saturated carbocycles. The Bertz CT molecular complexity index is 104. The second-order valence-corrected chi connectivity index (χ2v) is 3.21. The number of nitrogens with one attached hydrogen (secondary N) is 1. The summed E-state index contributed by atoms with van der Waals surface area (Å²) in [6.07, 6.45) is 2.07. The summed E-state index contributed by atoms with van der Waals surface area (Å²) in [6.45, 7) is 8.02. The van der Waals surface area contributed by atoms with E-state index in [0.29, 0.717) is 0 Å². The Morgan fingerprint density at radius 3 is 2.45 bits per heavy atom. The molecule has 0 rings (SSSR count). The lowest BCUT2D eigenvalue weighted by Crippen LogP contribution is -2.51. The summed E-state index contributed by atoms with van der Waals surface area (Å²) in [7, 11) is 0. The van der Waals surface area contributed by atoms with Gasteiger partial charge < -0.3 is 5.73 Å². The lowest BCUT2D eigenvalue weighted by Gasteiger charge is -2.25. The van der Waals surface area contributed by atoms with Crippen molar-refractivity contribution in [3.63, 3.8) is 0 Å². The fourth-order valence-electron chi connectivity index (χ4n) is 0.391. The Morgan fingerprint density at radius 1 is 1.55 bits per heavy atom. The Balaban J connectivity index is 3.52. The molecule has 0 fully saturated rings. The molecule has 68 valence electrons. The number of nitrogens with two attached hydrogens (primary N) is 1. The molecule has 0 radical (unpaired) electrons. The van der Waals surface area contributed by atoms with Crippen LogP contribution in [0.15, 0.2) is 0 Å². The summed E-state index contributed by atoms with van der Waals surface area (Å²) in [5.41, 5.74) is 8.22. The van der Waals surface area contributed by atoms with E-state index in [2.05, 4.69) is 12.4 Å². The normalized spacial score (nSPS) is 19.4. The van der Waals surface area contributed by atoms with Crippen LogP contribution in [0, 0.1) is 0 Å². The number of rotatable bonds is 5. The smallest absolute Gasteiger partial charge is 0.0866 e. The van der Waals surface area contributed by atoms with Crippen molar-refractivity contribution >= 4 is 0 Å². The molecule has 0 aliphatic rings. The predicted molar refractivity (Wildman–Crippen MR) is 46.9 cm³/mol. The van der Waals surface area contributed by atoms with Gasteiger partial charge in [-0.2, -0.15) is 5.48 Å². The summed E-state index contributed by atoms with van der Waals surface area (Å²) in [6, 6.07) is 0. The van der Waals surface area contributed by atoms with Gasteiger partial charge in [0.25, 0.3) is 0 Å². The van der Waals surface area contributed by atoms with Gasteiger partial charge in [0.1, 0.15) is 0 Å². The summed E-state index contributed by atoms with van der Waals surface area (Å²) in [5.74, 6) is 0. The van der Waals surface area contributed by atoms with Crippen LogP contribution in [-0.2, 0) is 4.84 Å².